The number of rotatable bonds is 15. The number of hydrogen-bond acceptors (Lipinski definition) is 3. The standard InChI is InChI=1S/C49H64N2O2/c1-11-50(12-2)40-31-29-38(30-32-40)43(37-27-25-36(3)26-28-37)44-41-23-17-18-24-42(41)51(45(44)39-21-15-13-16-22-39)33-19-14-20-34-53-46(52)49(10,48(7,8)9)35-47(4,5)6/h13,15-18,21-32,43H,11-12,14,19-20,33-35H2,1-10H3. The maximum atomic E-state index is 13.6. The van der Waals surface area contributed by atoms with E-state index in [-0.39, 0.29) is 22.7 Å². The third-order valence-corrected chi connectivity index (χ3v) is 11.4. The van der Waals surface area contributed by atoms with Crippen LogP contribution in [0.15, 0.2) is 103 Å². The summed E-state index contributed by atoms with van der Waals surface area (Å²) in [6.07, 6.45) is 3.60. The van der Waals surface area contributed by atoms with Gasteiger partial charge in [-0.1, -0.05) is 132 Å². The molecule has 282 valence electrons. The number of aromatic nitrogens is 1. The number of fused-ring (bicyclic) bond motifs is 1. The van der Waals surface area contributed by atoms with Crippen LogP contribution < -0.4 is 4.90 Å². The molecule has 2 atom stereocenters. The monoisotopic (exact) mass is 712 g/mol. The van der Waals surface area contributed by atoms with Crippen molar-refractivity contribution in [3.63, 3.8) is 0 Å². The van der Waals surface area contributed by atoms with Gasteiger partial charge in [-0.25, -0.2) is 0 Å². The fourth-order valence-corrected chi connectivity index (χ4v) is 8.09. The van der Waals surface area contributed by atoms with Crippen molar-refractivity contribution in [2.75, 3.05) is 24.6 Å². The Morgan fingerprint density at radius 3 is 1.89 bits per heavy atom. The summed E-state index contributed by atoms with van der Waals surface area (Å²) in [5.41, 5.74) is 9.51. The van der Waals surface area contributed by atoms with E-state index in [1.54, 1.807) is 0 Å². The maximum absolute atomic E-state index is 13.6. The average molecular weight is 713 g/mol. The average Bonchev–Trinajstić information content (AvgIpc) is 3.44. The molecule has 0 N–H and O–H groups in total. The minimum Gasteiger partial charge on any atom is -0.465 e. The Balaban J connectivity index is 1.49. The maximum Gasteiger partial charge on any atom is 0.312 e. The van der Waals surface area contributed by atoms with Crippen LogP contribution in [0.4, 0.5) is 5.69 Å². The van der Waals surface area contributed by atoms with E-state index in [9.17, 15) is 4.79 Å². The van der Waals surface area contributed by atoms with Crippen molar-refractivity contribution >= 4 is 22.6 Å². The van der Waals surface area contributed by atoms with Crippen LogP contribution in [-0.2, 0) is 16.1 Å². The van der Waals surface area contributed by atoms with Gasteiger partial charge in [0.1, 0.15) is 0 Å². The van der Waals surface area contributed by atoms with Crippen LogP contribution >= 0.6 is 0 Å². The molecule has 0 aliphatic carbocycles. The van der Waals surface area contributed by atoms with Crippen molar-refractivity contribution in [3.8, 4) is 11.3 Å². The molecule has 0 saturated heterocycles. The molecule has 1 heterocycles. The number of ether oxygens (including phenoxy) is 1. The van der Waals surface area contributed by atoms with E-state index in [2.05, 4.69) is 182 Å². The summed E-state index contributed by atoms with van der Waals surface area (Å²) in [5, 5.41) is 1.29. The van der Waals surface area contributed by atoms with E-state index in [1.807, 2.05) is 0 Å². The quantitative estimate of drug-likeness (QED) is 0.0800. The Bertz CT molecular complexity index is 1920. The van der Waals surface area contributed by atoms with Crippen LogP contribution in [0.2, 0.25) is 0 Å². The number of anilines is 1. The Morgan fingerprint density at radius 1 is 0.717 bits per heavy atom. The molecule has 0 spiro atoms. The zero-order valence-electron chi connectivity index (χ0n) is 34.3. The van der Waals surface area contributed by atoms with E-state index in [0.29, 0.717) is 6.61 Å². The topological polar surface area (TPSA) is 34.5 Å². The molecule has 4 aromatic carbocycles. The summed E-state index contributed by atoms with van der Waals surface area (Å²) < 4.78 is 8.58. The van der Waals surface area contributed by atoms with Gasteiger partial charge < -0.3 is 14.2 Å². The third kappa shape index (κ3) is 9.08. The van der Waals surface area contributed by atoms with Crippen molar-refractivity contribution in [1.82, 2.24) is 4.57 Å². The number of para-hydroxylation sites is 1. The molecule has 5 aromatic rings. The molecule has 5 rings (SSSR count). The van der Waals surface area contributed by atoms with Crippen LogP contribution in [0.3, 0.4) is 0 Å². The predicted octanol–water partition coefficient (Wildman–Crippen LogP) is 12.8. The summed E-state index contributed by atoms with van der Waals surface area (Å²) in [6.45, 7) is 25.1. The summed E-state index contributed by atoms with van der Waals surface area (Å²) in [5.74, 6) is -0.0213. The first kappa shape index (κ1) is 39.9. The summed E-state index contributed by atoms with van der Waals surface area (Å²) in [4.78, 5) is 16.0. The highest BCUT2D eigenvalue weighted by molar-refractivity contribution is 5.93. The normalized spacial score (nSPS) is 13.8. The lowest BCUT2D eigenvalue weighted by molar-refractivity contribution is -0.164. The van der Waals surface area contributed by atoms with Crippen molar-refractivity contribution in [2.24, 2.45) is 16.2 Å². The van der Waals surface area contributed by atoms with Gasteiger partial charge in [0, 0.05) is 42.1 Å². The fourth-order valence-electron chi connectivity index (χ4n) is 8.09. The van der Waals surface area contributed by atoms with Gasteiger partial charge >= 0.3 is 5.97 Å². The summed E-state index contributed by atoms with van der Waals surface area (Å²) in [7, 11) is 0. The lowest BCUT2D eigenvalue weighted by Crippen LogP contribution is -2.44. The highest BCUT2D eigenvalue weighted by atomic mass is 16.5. The lowest BCUT2D eigenvalue weighted by Gasteiger charge is -2.43. The summed E-state index contributed by atoms with van der Waals surface area (Å²) in [6, 6.07) is 38.2. The van der Waals surface area contributed by atoms with E-state index in [1.165, 1.54) is 50.1 Å². The Hall–Kier alpha value is -4.31. The number of hydrogen-bond donors (Lipinski definition) is 0. The first-order chi connectivity index (χ1) is 25.2. The van der Waals surface area contributed by atoms with Crippen molar-refractivity contribution in [3.05, 3.63) is 125 Å². The van der Waals surface area contributed by atoms with E-state index < -0.39 is 5.41 Å². The molecule has 0 fully saturated rings. The van der Waals surface area contributed by atoms with Crippen molar-refractivity contribution in [2.45, 2.75) is 107 Å². The molecule has 53 heavy (non-hydrogen) atoms. The number of esters is 1. The van der Waals surface area contributed by atoms with Crippen molar-refractivity contribution < 1.29 is 9.53 Å². The highest BCUT2D eigenvalue weighted by Gasteiger charge is 2.47. The van der Waals surface area contributed by atoms with E-state index in [4.69, 9.17) is 4.74 Å². The molecule has 1 aromatic heterocycles. The molecule has 0 amide bonds. The largest absolute Gasteiger partial charge is 0.465 e. The van der Waals surface area contributed by atoms with Gasteiger partial charge in [0.15, 0.2) is 0 Å². The number of nitrogens with zero attached hydrogens (tertiary/aromatic N) is 2. The molecular weight excluding hydrogens is 649 g/mol. The SMILES string of the molecule is CCN(CC)c1ccc(C(c2ccc(C)cc2)c2c(-c3ccccc3)n(CCCCCOC(=O)C(C)(CC(C)(C)C)C(C)(C)C)c3ccccc23)cc1. The van der Waals surface area contributed by atoms with Crippen LogP contribution in [0.5, 0.6) is 0 Å². The second kappa shape index (κ2) is 16.8. The van der Waals surface area contributed by atoms with Crippen LogP contribution in [0.25, 0.3) is 22.2 Å². The number of unbranched alkanes of at least 4 members (excludes halogenated alkanes) is 2. The number of aryl methyl sites for hydroxylation is 2. The molecule has 0 aliphatic rings. The van der Waals surface area contributed by atoms with Gasteiger partial charge in [-0.05, 0) is 105 Å². The van der Waals surface area contributed by atoms with Gasteiger partial charge in [0.25, 0.3) is 0 Å². The van der Waals surface area contributed by atoms with Gasteiger partial charge in [-0.2, -0.15) is 0 Å². The smallest absolute Gasteiger partial charge is 0.312 e. The molecule has 0 saturated carbocycles. The Labute approximate surface area is 320 Å². The number of carbonyl (C=O) groups excluding carboxylic acids is 1. The Morgan fingerprint density at radius 2 is 1.30 bits per heavy atom. The fraction of sp³-hybridized carbons (Fsp3) is 0.449. The zero-order chi connectivity index (χ0) is 38.4. The molecule has 0 aliphatic heterocycles. The zero-order valence-corrected chi connectivity index (χ0v) is 34.3. The second-order valence-electron chi connectivity index (χ2n) is 17.4. The van der Waals surface area contributed by atoms with Crippen LogP contribution in [-0.4, -0.2) is 30.2 Å². The molecular formula is C49H64N2O2. The Kier molecular flexibility index (Phi) is 12.6. The number of carbonyl (C=O) groups is 1. The van der Waals surface area contributed by atoms with E-state index >= 15 is 0 Å². The van der Waals surface area contributed by atoms with Gasteiger partial charge in [-0.15, -0.1) is 0 Å². The van der Waals surface area contributed by atoms with Gasteiger partial charge in [0.05, 0.1) is 17.7 Å². The second-order valence-corrected chi connectivity index (χ2v) is 17.4. The minimum atomic E-state index is -0.546. The summed E-state index contributed by atoms with van der Waals surface area (Å²) >= 11 is 0. The molecule has 2 unspecified atom stereocenters. The minimum absolute atomic E-state index is 0.0309. The van der Waals surface area contributed by atoms with Crippen molar-refractivity contribution in [1.29, 1.82) is 0 Å². The van der Waals surface area contributed by atoms with Gasteiger partial charge in [-0.3, -0.25) is 4.79 Å². The van der Waals surface area contributed by atoms with Gasteiger partial charge in [0.2, 0.25) is 0 Å². The highest BCUT2D eigenvalue weighted by Crippen LogP contribution is 2.48. The van der Waals surface area contributed by atoms with Crippen LogP contribution in [0, 0.1) is 23.2 Å². The first-order valence-electron chi connectivity index (χ1n) is 19.9. The molecule has 4 nitrogen and oxygen atoms in total. The molecule has 0 radical (unpaired) electrons. The molecule has 0 bridgehead atoms. The lowest BCUT2D eigenvalue weighted by atomic mass is 9.61. The third-order valence-electron chi connectivity index (χ3n) is 11.4. The molecule has 4 heteroatoms. The van der Waals surface area contributed by atoms with E-state index in [0.717, 1.165) is 45.3 Å². The number of benzene rings is 4. The first-order valence-corrected chi connectivity index (χ1v) is 19.9. The van der Waals surface area contributed by atoms with Crippen LogP contribution in [0.1, 0.15) is 116 Å². The predicted molar refractivity (Wildman–Crippen MR) is 226 cm³/mol.